The van der Waals surface area contributed by atoms with Crippen LogP contribution in [0.2, 0.25) is 0 Å². The van der Waals surface area contributed by atoms with Crippen LogP contribution in [-0.4, -0.2) is 42.9 Å². The van der Waals surface area contributed by atoms with Crippen LogP contribution in [0.25, 0.3) is 0 Å². The SMILES string of the molecule is CCCCCCCCCCCCCCCCCCOC(C(=O)[O-])C(C(=O)[O-])S(=O)(=O)[O-].[Na+].[Na+].[Na+]. The Labute approximate surface area is 272 Å². The zero-order chi connectivity index (χ0) is 23.5. The molecule has 0 rings (SSSR count). The van der Waals surface area contributed by atoms with Gasteiger partial charge in [-0.25, -0.2) is 8.42 Å². The van der Waals surface area contributed by atoms with Crippen molar-refractivity contribution >= 4 is 22.1 Å². The summed E-state index contributed by atoms with van der Waals surface area (Å²) in [5, 5.41) is 19.0. The van der Waals surface area contributed by atoms with Crippen molar-refractivity contribution in [2.75, 3.05) is 6.61 Å². The van der Waals surface area contributed by atoms with Crippen molar-refractivity contribution in [2.45, 2.75) is 121 Å². The Kier molecular flexibility index (Phi) is 35.1. The molecule has 0 saturated carbocycles. The van der Waals surface area contributed by atoms with Crippen molar-refractivity contribution in [3.63, 3.8) is 0 Å². The topological polar surface area (TPSA) is 147 Å². The Morgan fingerprint density at radius 3 is 1.24 bits per heavy atom. The van der Waals surface area contributed by atoms with Crippen molar-refractivity contribution in [3.8, 4) is 0 Å². The maximum atomic E-state index is 11.0. The third-order valence-corrected chi connectivity index (χ3v) is 6.41. The quantitative estimate of drug-likeness (QED) is 0.0760. The van der Waals surface area contributed by atoms with E-state index in [0.29, 0.717) is 6.42 Å². The number of carboxylic acids is 2. The summed E-state index contributed by atoms with van der Waals surface area (Å²) < 4.78 is 37.7. The molecule has 0 spiro atoms. The molecule has 2 atom stereocenters. The van der Waals surface area contributed by atoms with Crippen LogP contribution in [-0.2, 0) is 24.4 Å². The Hall–Kier alpha value is 1.81. The van der Waals surface area contributed by atoms with Crippen LogP contribution in [0, 0.1) is 0 Å². The van der Waals surface area contributed by atoms with Crippen molar-refractivity contribution in [1.82, 2.24) is 0 Å². The van der Waals surface area contributed by atoms with Gasteiger partial charge in [0.2, 0.25) is 0 Å². The molecule has 2 unspecified atom stereocenters. The van der Waals surface area contributed by atoms with Crippen LogP contribution in [0.1, 0.15) is 110 Å². The van der Waals surface area contributed by atoms with Crippen LogP contribution in [0.3, 0.4) is 0 Å². The number of unbranched alkanes of at least 4 members (excludes halogenated alkanes) is 15. The molecule has 184 valence electrons. The van der Waals surface area contributed by atoms with Crippen molar-refractivity contribution in [2.24, 2.45) is 0 Å². The molecule has 8 nitrogen and oxygen atoms in total. The molecule has 0 aromatic rings. The molecule has 0 N–H and O–H groups in total. The monoisotopic (exact) mass is 532 g/mol. The Balaban J connectivity index is -0.00000150. The first kappa shape index (κ1) is 42.9. The molecule has 0 aliphatic rings. The molecule has 0 aromatic carbocycles. The summed E-state index contributed by atoms with van der Waals surface area (Å²) in [6, 6.07) is 0. The van der Waals surface area contributed by atoms with Gasteiger partial charge in [0.05, 0.1) is 11.9 Å². The van der Waals surface area contributed by atoms with Gasteiger partial charge < -0.3 is 29.1 Å². The van der Waals surface area contributed by atoms with Gasteiger partial charge in [-0.15, -0.1) is 0 Å². The number of rotatable bonds is 22. The largest absolute Gasteiger partial charge is 1.00 e. The molecule has 0 aliphatic heterocycles. The number of carbonyl (C=O) groups excluding carboxylic acids is 2. The minimum absolute atomic E-state index is 0. The van der Waals surface area contributed by atoms with E-state index < -0.39 is 33.4 Å². The molecule has 0 radical (unpaired) electrons. The molecule has 0 aliphatic carbocycles. The van der Waals surface area contributed by atoms with Gasteiger partial charge in [-0.1, -0.05) is 103 Å². The van der Waals surface area contributed by atoms with E-state index in [9.17, 15) is 32.8 Å². The van der Waals surface area contributed by atoms with E-state index in [1.54, 1.807) is 0 Å². The maximum Gasteiger partial charge on any atom is 1.00 e. The second kappa shape index (κ2) is 27.8. The molecule has 0 aromatic heterocycles. The van der Waals surface area contributed by atoms with Crippen molar-refractivity contribution < 1.29 is 126 Å². The molecule has 0 fully saturated rings. The summed E-state index contributed by atoms with van der Waals surface area (Å²) in [5.41, 5.74) is 0. The number of hydrogen-bond acceptors (Lipinski definition) is 8. The van der Waals surface area contributed by atoms with Gasteiger partial charge >= 0.3 is 88.7 Å². The summed E-state index contributed by atoms with van der Waals surface area (Å²) in [4.78, 5) is 21.8. The van der Waals surface area contributed by atoms with E-state index in [0.717, 1.165) is 25.7 Å². The summed E-state index contributed by atoms with van der Waals surface area (Å²) in [5.74, 6) is -4.37. The Bertz CT molecular complexity index is 591. The fraction of sp³-hybridized carbons (Fsp3) is 0.909. The van der Waals surface area contributed by atoms with Crippen LogP contribution < -0.4 is 98.9 Å². The first-order valence-corrected chi connectivity index (χ1v) is 13.2. The van der Waals surface area contributed by atoms with E-state index in [1.807, 2.05) is 0 Å². The van der Waals surface area contributed by atoms with Gasteiger partial charge in [0.15, 0.2) is 0 Å². The number of hydrogen-bond donors (Lipinski definition) is 0. The zero-order valence-corrected chi connectivity index (χ0v) is 28.7. The third kappa shape index (κ3) is 24.2. The second-order valence-electron chi connectivity index (χ2n) is 8.15. The summed E-state index contributed by atoms with van der Waals surface area (Å²) >= 11 is 0. The average Bonchev–Trinajstić information content (AvgIpc) is 2.67. The van der Waals surface area contributed by atoms with Crippen molar-refractivity contribution in [3.05, 3.63) is 0 Å². The van der Waals surface area contributed by atoms with E-state index in [1.165, 1.54) is 70.6 Å². The summed E-state index contributed by atoms with van der Waals surface area (Å²) in [6.07, 6.45) is 16.3. The predicted octanol–water partition coefficient (Wildman–Crippen LogP) is -6.94. The summed E-state index contributed by atoms with van der Waals surface area (Å²) in [6.45, 7) is 2.06. The van der Waals surface area contributed by atoms with E-state index in [2.05, 4.69) is 6.92 Å². The smallest absolute Gasteiger partial charge is 0.747 e. The fourth-order valence-corrected chi connectivity index (χ4v) is 4.26. The van der Waals surface area contributed by atoms with Crippen molar-refractivity contribution in [1.29, 1.82) is 0 Å². The van der Waals surface area contributed by atoms with Crippen LogP contribution >= 0.6 is 0 Å². The van der Waals surface area contributed by atoms with Gasteiger partial charge in [-0.3, -0.25) is 0 Å². The Morgan fingerprint density at radius 1 is 0.647 bits per heavy atom. The molecule has 0 saturated heterocycles. The minimum atomic E-state index is -5.44. The normalized spacial score (nSPS) is 12.5. The second-order valence-corrected chi connectivity index (χ2v) is 9.64. The molecule has 12 heteroatoms. The number of carboxylic acid groups (broad SMARTS) is 2. The number of aliphatic carboxylic acids is 2. The van der Waals surface area contributed by atoms with Crippen LogP contribution in [0.4, 0.5) is 0 Å². The standard InChI is InChI=1S/C22H42O8S.3Na/c1-2-3-4-5-6-7-8-9-10-11-12-13-14-15-16-17-18-30-19(21(23)24)20(22(25)26)31(27,28)29;;;/h19-20H,2-18H2,1H3,(H,23,24)(H,25,26)(H,27,28,29);;;/q;3*+1/p-3. The van der Waals surface area contributed by atoms with Gasteiger partial charge in [-0.05, 0) is 6.42 Å². The number of carbonyl (C=O) groups is 2. The average molecular weight is 533 g/mol. The molecule has 0 heterocycles. The molecule has 0 amide bonds. The molecule has 0 bridgehead atoms. The van der Waals surface area contributed by atoms with Crippen LogP contribution in [0.5, 0.6) is 0 Å². The molecular formula is C22H39Na3O8S. The maximum absolute atomic E-state index is 11.0. The van der Waals surface area contributed by atoms with Gasteiger partial charge in [0, 0.05) is 6.61 Å². The van der Waals surface area contributed by atoms with Gasteiger partial charge in [0.1, 0.15) is 21.5 Å². The Morgan fingerprint density at radius 2 is 0.971 bits per heavy atom. The first-order valence-electron chi connectivity index (χ1n) is 11.7. The first-order chi connectivity index (χ1) is 14.7. The van der Waals surface area contributed by atoms with Gasteiger partial charge in [-0.2, -0.15) is 0 Å². The van der Waals surface area contributed by atoms with E-state index in [4.69, 9.17) is 4.74 Å². The zero-order valence-electron chi connectivity index (χ0n) is 21.8. The van der Waals surface area contributed by atoms with E-state index in [-0.39, 0.29) is 95.3 Å². The minimum Gasteiger partial charge on any atom is -0.747 e. The number of ether oxygens (including phenoxy) is 1. The predicted molar refractivity (Wildman–Crippen MR) is 113 cm³/mol. The fourth-order valence-electron chi connectivity index (χ4n) is 3.53. The van der Waals surface area contributed by atoms with Crippen LogP contribution in [0.15, 0.2) is 0 Å². The van der Waals surface area contributed by atoms with E-state index >= 15 is 0 Å². The molecular weight excluding hydrogens is 493 g/mol. The molecule has 34 heavy (non-hydrogen) atoms. The summed E-state index contributed by atoms with van der Waals surface area (Å²) in [7, 11) is -5.44. The third-order valence-electron chi connectivity index (χ3n) is 5.35. The van der Waals surface area contributed by atoms with Gasteiger partial charge in [0.25, 0.3) is 0 Å².